The molecule has 0 amide bonds. The van der Waals surface area contributed by atoms with Crippen molar-refractivity contribution in [1.82, 2.24) is 0 Å². The van der Waals surface area contributed by atoms with Gasteiger partial charge in [0, 0.05) is 0 Å². The van der Waals surface area contributed by atoms with E-state index in [9.17, 15) is 0 Å². The predicted molar refractivity (Wildman–Crippen MR) is 45.5 cm³/mol. The normalized spacial score (nSPS) is 12.3. The Morgan fingerprint density at radius 2 is 1.82 bits per heavy atom. The predicted octanol–water partition coefficient (Wildman–Crippen LogP) is 0.485. The van der Waals surface area contributed by atoms with Crippen LogP contribution in [0.15, 0.2) is 0 Å². The molecule has 0 radical (unpaired) electrons. The van der Waals surface area contributed by atoms with E-state index in [0.717, 1.165) is 12.8 Å². The minimum absolute atomic E-state index is 0. The third-order valence-electron chi connectivity index (χ3n) is 1.60. The first-order valence-corrected chi connectivity index (χ1v) is 4.10. The molecule has 70 valence electrons. The molecule has 0 saturated heterocycles. The van der Waals surface area contributed by atoms with Crippen molar-refractivity contribution in [1.29, 1.82) is 0 Å². The van der Waals surface area contributed by atoms with Crippen LogP contribution >= 0.6 is 0 Å². The third kappa shape index (κ3) is 9.88. The Balaban J connectivity index is 0. The zero-order valence-electron chi connectivity index (χ0n) is 7.21. The van der Waals surface area contributed by atoms with Gasteiger partial charge in [0.15, 0.2) is 0 Å². The van der Waals surface area contributed by atoms with Crippen molar-refractivity contribution < 1.29 is 15.7 Å². The minimum Gasteiger partial charge on any atom is -0.412 e. The maximum atomic E-state index is 8.91. The van der Waals surface area contributed by atoms with Gasteiger partial charge in [0.1, 0.15) is 0 Å². The average molecular weight is 164 g/mol. The topological polar surface area (TPSA) is 72.0 Å². The van der Waals surface area contributed by atoms with Gasteiger partial charge in [-0.1, -0.05) is 32.6 Å². The zero-order valence-corrected chi connectivity index (χ0v) is 7.21. The van der Waals surface area contributed by atoms with Gasteiger partial charge < -0.3 is 15.7 Å². The monoisotopic (exact) mass is 164 g/mol. The molecule has 1 unspecified atom stereocenters. The summed E-state index contributed by atoms with van der Waals surface area (Å²) < 4.78 is 0. The van der Waals surface area contributed by atoms with Crippen LogP contribution in [0.2, 0.25) is 0 Å². The number of hydrogen-bond donors (Lipinski definition) is 2. The molecule has 3 heteroatoms. The van der Waals surface area contributed by atoms with Crippen molar-refractivity contribution in [3.05, 3.63) is 0 Å². The maximum absolute atomic E-state index is 8.91. The fourth-order valence-corrected chi connectivity index (χ4v) is 0.898. The van der Waals surface area contributed by atoms with Crippen LogP contribution < -0.4 is 0 Å². The highest BCUT2D eigenvalue weighted by Crippen LogP contribution is 2.04. The number of aliphatic hydroxyl groups is 2. The SMILES string of the molecule is CCCCCCC(O)CO.O. The van der Waals surface area contributed by atoms with Crippen LogP contribution in [0.1, 0.15) is 39.0 Å². The number of rotatable bonds is 6. The minimum atomic E-state index is -0.489. The molecule has 0 aromatic rings. The summed E-state index contributed by atoms with van der Waals surface area (Å²) in [6.07, 6.45) is 4.92. The molecule has 0 bridgehead atoms. The summed E-state index contributed by atoms with van der Waals surface area (Å²) in [5.41, 5.74) is 0. The van der Waals surface area contributed by atoms with Crippen LogP contribution in [0, 0.1) is 0 Å². The lowest BCUT2D eigenvalue weighted by molar-refractivity contribution is 0.0860. The first-order chi connectivity index (χ1) is 4.81. The van der Waals surface area contributed by atoms with Crippen LogP contribution in [0.4, 0.5) is 0 Å². The summed E-state index contributed by atoms with van der Waals surface area (Å²) in [6, 6.07) is 0. The van der Waals surface area contributed by atoms with Crippen LogP contribution in [-0.2, 0) is 0 Å². The molecule has 0 rings (SSSR count). The van der Waals surface area contributed by atoms with Gasteiger partial charge >= 0.3 is 0 Å². The van der Waals surface area contributed by atoms with E-state index >= 15 is 0 Å². The van der Waals surface area contributed by atoms with Crippen LogP contribution in [-0.4, -0.2) is 28.4 Å². The second-order valence-electron chi connectivity index (χ2n) is 2.69. The van der Waals surface area contributed by atoms with E-state index in [0.29, 0.717) is 0 Å². The maximum Gasteiger partial charge on any atom is 0.0770 e. The molecule has 0 aromatic carbocycles. The third-order valence-corrected chi connectivity index (χ3v) is 1.60. The smallest absolute Gasteiger partial charge is 0.0770 e. The molecule has 0 aromatic heterocycles. The molecule has 4 N–H and O–H groups in total. The summed E-state index contributed by atoms with van der Waals surface area (Å²) in [5.74, 6) is 0. The van der Waals surface area contributed by atoms with Crippen molar-refractivity contribution in [2.75, 3.05) is 6.61 Å². The molecule has 1 atom stereocenters. The molecule has 0 saturated carbocycles. The lowest BCUT2D eigenvalue weighted by atomic mass is 10.1. The van der Waals surface area contributed by atoms with Gasteiger partial charge in [-0.05, 0) is 6.42 Å². The molecular formula is C8H20O3. The Morgan fingerprint density at radius 3 is 2.27 bits per heavy atom. The van der Waals surface area contributed by atoms with Crippen molar-refractivity contribution >= 4 is 0 Å². The fraction of sp³-hybridized carbons (Fsp3) is 1.00. The van der Waals surface area contributed by atoms with E-state index in [1.54, 1.807) is 0 Å². The van der Waals surface area contributed by atoms with E-state index in [1.807, 2.05) is 0 Å². The summed E-state index contributed by atoms with van der Waals surface area (Å²) in [4.78, 5) is 0. The van der Waals surface area contributed by atoms with Crippen LogP contribution in [0.5, 0.6) is 0 Å². The molecule has 0 aliphatic carbocycles. The molecule has 0 aliphatic rings. The van der Waals surface area contributed by atoms with Crippen LogP contribution in [0.3, 0.4) is 0 Å². The van der Waals surface area contributed by atoms with E-state index in [1.165, 1.54) is 19.3 Å². The Hall–Kier alpha value is -0.120. The quantitative estimate of drug-likeness (QED) is 0.561. The van der Waals surface area contributed by atoms with E-state index in [2.05, 4.69) is 6.92 Å². The summed E-state index contributed by atoms with van der Waals surface area (Å²) in [6.45, 7) is 2.06. The zero-order chi connectivity index (χ0) is 7.82. The second kappa shape index (κ2) is 9.88. The highest BCUT2D eigenvalue weighted by Gasteiger charge is 1.99. The van der Waals surface area contributed by atoms with Gasteiger partial charge in [-0.25, -0.2) is 0 Å². The molecule has 0 aliphatic heterocycles. The van der Waals surface area contributed by atoms with Crippen molar-refractivity contribution in [3.63, 3.8) is 0 Å². The Morgan fingerprint density at radius 1 is 1.18 bits per heavy atom. The molecular weight excluding hydrogens is 144 g/mol. The number of hydrogen-bond acceptors (Lipinski definition) is 2. The van der Waals surface area contributed by atoms with Crippen molar-refractivity contribution in [2.45, 2.75) is 45.1 Å². The fourth-order valence-electron chi connectivity index (χ4n) is 0.898. The Kier molecular flexibility index (Phi) is 12.1. The van der Waals surface area contributed by atoms with Gasteiger partial charge in [0.2, 0.25) is 0 Å². The van der Waals surface area contributed by atoms with E-state index < -0.39 is 6.10 Å². The van der Waals surface area contributed by atoms with Gasteiger partial charge in [0.05, 0.1) is 12.7 Å². The van der Waals surface area contributed by atoms with Gasteiger partial charge in [-0.15, -0.1) is 0 Å². The standard InChI is InChI=1S/C8H18O2.H2O/c1-2-3-4-5-6-8(10)7-9;/h8-10H,2-7H2,1H3;1H2. The van der Waals surface area contributed by atoms with Gasteiger partial charge in [0.25, 0.3) is 0 Å². The van der Waals surface area contributed by atoms with Crippen molar-refractivity contribution in [2.24, 2.45) is 0 Å². The van der Waals surface area contributed by atoms with E-state index in [-0.39, 0.29) is 12.1 Å². The average Bonchev–Trinajstić information content (AvgIpc) is 1.98. The first kappa shape index (κ1) is 13.5. The number of unbranched alkanes of at least 4 members (excludes halogenated alkanes) is 3. The highest BCUT2D eigenvalue weighted by molar-refractivity contribution is 4.52. The van der Waals surface area contributed by atoms with Gasteiger partial charge in [-0.2, -0.15) is 0 Å². The second-order valence-corrected chi connectivity index (χ2v) is 2.69. The van der Waals surface area contributed by atoms with E-state index in [4.69, 9.17) is 10.2 Å². The lowest BCUT2D eigenvalue weighted by Gasteiger charge is -2.04. The Bertz CT molecular complexity index is 66.4. The number of aliphatic hydroxyl groups excluding tert-OH is 2. The molecule has 11 heavy (non-hydrogen) atoms. The highest BCUT2D eigenvalue weighted by atomic mass is 16.3. The lowest BCUT2D eigenvalue weighted by Crippen LogP contribution is -2.10. The van der Waals surface area contributed by atoms with Gasteiger partial charge in [-0.3, -0.25) is 0 Å². The Labute approximate surface area is 68.4 Å². The molecule has 0 fully saturated rings. The first-order valence-electron chi connectivity index (χ1n) is 4.10. The molecule has 0 spiro atoms. The summed E-state index contributed by atoms with van der Waals surface area (Å²) >= 11 is 0. The molecule has 3 nitrogen and oxygen atoms in total. The summed E-state index contributed by atoms with van der Waals surface area (Å²) in [7, 11) is 0. The van der Waals surface area contributed by atoms with Crippen molar-refractivity contribution in [3.8, 4) is 0 Å². The largest absolute Gasteiger partial charge is 0.412 e. The summed E-state index contributed by atoms with van der Waals surface area (Å²) in [5, 5.41) is 17.3. The molecule has 0 heterocycles. The van der Waals surface area contributed by atoms with Crippen LogP contribution in [0.25, 0.3) is 0 Å².